The van der Waals surface area contributed by atoms with Gasteiger partial charge in [-0.2, -0.15) is 5.10 Å². The molecule has 0 bridgehead atoms. The number of carbonyl (C=O) groups is 1. The second kappa shape index (κ2) is 6.25. The van der Waals surface area contributed by atoms with Crippen LogP contribution < -0.4 is 11.3 Å². The van der Waals surface area contributed by atoms with Gasteiger partial charge in [-0.25, -0.2) is 4.68 Å². The molecule has 0 saturated heterocycles. The number of nitrogen functional groups attached to an aromatic ring is 1. The van der Waals surface area contributed by atoms with Gasteiger partial charge in [0, 0.05) is 13.1 Å². The van der Waals surface area contributed by atoms with Crippen LogP contribution in [-0.4, -0.2) is 33.7 Å². The van der Waals surface area contributed by atoms with Gasteiger partial charge in [0.2, 0.25) is 5.91 Å². The minimum atomic E-state index is -0.481. The Morgan fingerprint density at radius 1 is 1.43 bits per heavy atom. The molecule has 112 valence electrons. The Morgan fingerprint density at radius 2 is 2.14 bits per heavy atom. The van der Waals surface area contributed by atoms with Crippen molar-refractivity contribution in [3.63, 3.8) is 0 Å². The first-order valence-corrected chi connectivity index (χ1v) is 6.76. The normalized spacial score (nSPS) is 10.6. The molecule has 7 nitrogen and oxygen atoms in total. The summed E-state index contributed by atoms with van der Waals surface area (Å²) in [6.07, 6.45) is 1.50. The summed E-state index contributed by atoms with van der Waals surface area (Å²) in [6.45, 7) is 4.78. The van der Waals surface area contributed by atoms with Gasteiger partial charge in [0.05, 0.1) is 6.26 Å². The fourth-order valence-corrected chi connectivity index (χ4v) is 2.02. The molecular formula is C14H18N4O3. The zero-order valence-electron chi connectivity index (χ0n) is 12.1. The van der Waals surface area contributed by atoms with Gasteiger partial charge in [0.15, 0.2) is 5.76 Å². The maximum Gasteiger partial charge on any atom is 0.290 e. The van der Waals surface area contributed by atoms with Gasteiger partial charge >= 0.3 is 0 Å². The highest BCUT2D eigenvalue weighted by Crippen LogP contribution is 2.17. The molecule has 2 heterocycles. The Kier molecular flexibility index (Phi) is 4.42. The maximum atomic E-state index is 12.1. The molecule has 0 atom stereocenters. The van der Waals surface area contributed by atoms with Crippen LogP contribution in [0, 0.1) is 0 Å². The summed E-state index contributed by atoms with van der Waals surface area (Å²) in [4.78, 5) is 25.7. The molecule has 0 aliphatic heterocycles. The van der Waals surface area contributed by atoms with E-state index in [1.54, 1.807) is 17.0 Å². The summed E-state index contributed by atoms with van der Waals surface area (Å²) in [6, 6.07) is 4.87. The standard InChI is InChI=1S/C14H18N4O3/c1-3-17(4-2)13(19)9-18-14(20)10(15)8-11(16-18)12-6-5-7-21-12/h5-8H,3-4,9,15H2,1-2H3. The van der Waals surface area contributed by atoms with E-state index in [0.717, 1.165) is 4.68 Å². The van der Waals surface area contributed by atoms with Crippen LogP contribution in [0.4, 0.5) is 5.69 Å². The van der Waals surface area contributed by atoms with E-state index in [1.165, 1.54) is 12.3 Å². The molecule has 0 saturated carbocycles. The van der Waals surface area contributed by atoms with Gasteiger partial charge in [-0.15, -0.1) is 0 Å². The lowest BCUT2D eigenvalue weighted by molar-refractivity contribution is -0.131. The topological polar surface area (TPSA) is 94.4 Å². The first-order valence-electron chi connectivity index (χ1n) is 6.76. The van der Waals surface area contributed by atoms with Crippen LogP contribution in [0.3, 0.4) is 0 Å². The second-order valence-electron chi connectivity index (χ2n) is 4.49. The summed E-state index contributed by atoms with van der Waals surface area (Å²) in [5.74, 6) is 0.316. The number of hydrogen-bond donors (Lipinski definition) is 1. The van der Waals surface area contributed by atoms with E-state index in [-0.39, 0.29) is 18.1 Å². The van der Waals surface area contributed by atoms with E-state index in [0.29, 0.717) is 24.5 Å². The Hall–Kier alpha value is -2.57. The van der Waals surface area contributed by atoms with Crippen molar-refractivity contribution >= 4 is 11.6 Å². The highest BCUT2D eigenvalue weighted by Gasteiger charge is 2.15. The zero-order chi connectivity index (χ0) is 15.4. The number of anilines is 1. The van der Waals surface area contributed by atoms with Crippen molar-refractivity contribution in [1.82, 2.24) is 14.7 Å². The van der Waals surface area contributed by atoms with E-state index < -0.39 is 5.56 Å². The van der Waals surface area contributed by atoms with Crippen molar-refractivity contribution < 1.29 is 9.21 Å². The van der Waals surface area contributed by atoms with Crippen LogP contribution in [0.25, 0.3) is 11.5 Å². The lowest BCUT2D eigenvalue weighted by Gasteiger charge is -2.18. The van der Waals surface area contributed by atoms with Crippen LogP contribution in [0.2, 0.25) is 0 Å². The van der Waals surface area contributed by atoms with Gasteiger partial charge in [-0.05, 0) is 32.0 Å². The molecule has 0 aromatic carbocycles. The predicted molar refractivity (Wildman–Crippen MR) is 78.5 cm³/mol. The smallest absolute Gasteiger partial charge is 0.290 e. The molecule has 7 heteroatoms. The quantitative estimate of drug-likeness (QED) is 0.884. The van der Waals surface area contributed by atoms with Gasteiger partial charge in [-0.1, -0.05) is 0 Å². The highest BCUT2D eigenvalue weighted by molar-refractivity contribution is 5.76. The molecule has 0 aliphatic rings. The van der Waals surface area contributed by atoms with E-state index in [1.807, 2.05) is 13.8 Å². The average Bonchev–Trinajstić information content (AvgIpc) is 2.99. The molecule has 2 N–H and O–H groups in total. The van der Waals surface area contributed by atoms with E-state index >= 15 is 0 Å². The number of nitrogens with zero attached hydrogens (tertiary/aromatic N) is 3. The summed E-state index contributed by atoms with van der Waals surface area (Å²) < 4.78 is 6.31. The lowest BCUT2D eigenvalue weighted by atomic mass is 10.3. The van der Waals surface area contributed by atoms with Crippen molar-refractivity contribution in [1.29, 1.82) is 0 Å². The van der Waals surface area contributed by atoms with E-state index in [4.69, 9.17) is 10.2 Å². The molecule has 0 fully saturated rings. The Balaban J connectivity index is 2.35. The van der Waals surface area contributed by atoms with Gasteiger partial charge in [-0.3, -0.25) is 9.59 Å². The molecular weight excluding hydrogens is 272 g/mol. The van der Waals surface area contributed by atoms with Gasteiger partial charge in [0.25, 0.3) is 5.56 Å². The number of hydrogen-bond acceptors (Lipinski definition) is 5. The second-order valence-corrected chi connectivity index (χ2v) is 4.49. The number of aromatic nitrogens is 2. The highest BCUT2D eigenvalue weighted by atomic mass is 16.3. The summed E-state index contributed by atoms with van der Waals surface area (Å²) in [5.41, 5.74) is 5.68. The fraction of sp³-hybridized carbons (Fsp3) is 0.357. The summed E-state index contributed by atoms with van der Waals surface area (Å²) in [7, 11) is 0. The summed E-state index contributed by atoms with van der Waals surface area (Å²) >= 11 is 0. The molecule has 2 rings (SSSR count). The van der Waals surface area contributed by atoms with Crippen molar-refractivity contribution in [2.24, 2.45) is 0 Å². The first-order chi connectivity index (χ1) is 10.1. The van der Waals surface area contributed by atoms with Crippen LogP contribution >= 0.6 is 0 Å². The van der Waals surface area contributed by atoms with E-state index in [9.17, 15) is 9.59 Å². The number of nitrogens with two attached hydrogens (primary N) is 1. The number of amides is 1. The fourth-order valence-electron chi connectivity index (χ4n) is 2.02. The number of furan rings is 1. The third-order valence-electron chi connectivity index (χ3n) is 3.18. The molecule has 2 aromatic heterocycles. The number of likely N-dealkylation sites (N-methyl/N-ethyl adjacent to an activating group) is 1. The molecule has 21 heavy (non-hydrogen) atoms. The van der Waals surface area contributed by atoms with E-state index in [2.05, 4.69) is 5.10 Å². The van der Waals surface area contributed by atoms with Crippen LogP contribution in [-0.2, 0) is 11.3 Å². The minimum absolute atomic E-state index is 0.0312. The first kappa shape index (κ1) is 14.8. The monoisotopic (exact) mass is 290 g/mol. The largest absolute Gasteiger partial charge is 0.463 e. The van der Waals surface area contributed by atoms with Crippen molar-refractivity contribution in [3.05, 3.63) is 34.8 Å². The minimum Gasteiger partial charge on any atom is -0.463 e. The molecule has 2 aromatic rings. The third-order valence-corrected chi connectivity index (χ3v) is 3.18. The summed E-state index contributed by atoms with van der Waals surface area (Å²) in [5, 5.41) is 4.15. The van der Waals surface area contributed by atoms with Crippen molar-refractivity contribution in [2.45, 2.75) is 20.4 Å². The maximum absolute atomic E-state index is 12.1. The third kappa shape index (κ3) is 3.13. The van der Waals surface area contributed by atoms with Crippen molar-refractivity contribution in [2.75, 3.05) is 18.8 Å². The Morgan fingerprint density at radius 3 is 2.71 bits per heavy atom. The molecule has 0 unspecified atom stereocenters. The van der Waals surface area contributed by atoms with Crippen molar-refractivity contribution in [3.8, 4) is 11.5 Å². The molecule has 1 amide bonds. The molecule has 0 radical (unpaired) electrons. The zero-order valence-corrected chi connectivity index (χ0v) is 12.1. The lowest BCUT2D eigenvalue weighted by Crippen LogP contribution is -2.37. The van der Waals surface area contributed by atoms with Crippen LogP contribution in [0.5, 0.6) is 0 Å². The molecule has 0 spiro atoms. The SMILES string of the molecule is CCN(CC)C(=O)Cn1nc(-c2ccco2)cc(N)c1=O. The van der Waals surface area contributed by atoms with Crippen LogP contribution in [0.1, 0.15) is 13.8 Å². The Labute approximate surface area is 122 Å². The predicted octanol–water partition coefficient (Wildman–Crippen LogP) is 0.954. The Bertz CT molecular complexity index is 672. The number of carbonyl (C=O) groups excluding carboxylic acids is 1. The van der Waals surface area contributed by atoms with Crippen LogP contribution in [0.15, 0.2) is 33.7 Å². The number of rotatable bonds is 5. The van der Waals surface area contributed by atoms with Gasteiger partial charge in [0.1, 0.15) is 17.9 Å². The molecule has 0 aliphatic carbocycles. The average molecular weight is 290 g/mol. The van der Waals surface area contributed by atoms with Gasteiger partial charge < -0.3 is 15.1 Å².